The van der Waals surface area contributed by atoms with Crippen molar-refractivity contribution in [3.8, 4) is 0 Å². The molecule has 3 nitrogen and oxygen atoms in total. The number of rotatable bonds is 0. The fourth-order valence-electron chi connectivity index (χ4n) is 2.09. The van der Waals surface area contributed by atoms with Crippen LogP contribution in [0.2, 0.25) is 0 Å². The Bertz CT molecular complexity index is 194. The molecule has 0 aliphatic carbocycles. The van der Waals surface area contributed by atoms with E-state index in [0.29, 0.717) is 0 Å². The number of carbonyl (C=O) groups excluding carboxylic acids is 1. The molecule has 0 saturated carbocycles. The third-order valence-corrected chi connectivity index (χ3v) is 3.20. The minimum Gasteiger partial charge on any atom is -0.453 e. The van der Waals surface area contributed by atoms with Crippen molar-refractivity contribution in [3.63, 3.8) is 0 Å². The summed E-state index contributed by atoms with van der Waals surface area (Å²) in [5.41, 5.74) is 0. The fourth-order valence-corrected chi connectivity index (χ4v) is 2.09. The lowest BCUT2D eigenvalue weighted by molar-refractivity contribution is 0.119. The highest BCUT2D eigenvalue weighted by Gasteiger charge is 2.15. The molecule has 0 aromatic carbocycles. The summed E-state index contributed by atoms with van der Waals surface area (Å²) in [5, 5.41) is 0. The molecule has 1 amide bonds. The van der Waals surface area contributed by atoms with Gasteiger partial charge in [-0.15, -0.1) is 0 Å². The average molecular weight is 213 g/mol. The molecule has 1 saturated heterocycles. The third-order valence-electron chi connectivity index (χ3n) is 3.20. The summed E-state index contributed by atoms with van der Waals surface area (Å²) in [6, 6.07) is 0. The van der Waals surface area contributed by atoms with Crippen molar-refractivity contribution in [2.75, 3.05) is 20.2 Å². The van der Waals surface area contributed by atoms with Gasteiger partial charge in [-0.25, -0.2) is 4.79 Å². The van der Waals surface area contributed by atoms with Crippen molar-refractivity contribution in [1.82, 2.24) is 4.90 Å². The lowest BCUT2D eigenvalue weighted by atomic mass is 9.98. The average Bonchev–Trinajstić information content (AvgIpc) is 2.26. The molecule has 1 fully saturated rings. The molecule has 0 aromatic heterocycles. The summed E-state index contributed by atoms with van der Waals surface area (Å²) in [4.78, 5) is 13.3. The van der Waals surface area contributed by atoms with Crippen LogP contribution >= 0.6 is 0 Å². The molecule has 0 spiro atoms. The van der Waals surface area contributed by atoms with E-state index in [1.165, 1.54) is 32.8 Å². The Balaban J connectivity index is 2.43. The predicted octanol–water partition coefficient (Wildman–Crippen LogP) is 3.05. The monoisotopic (exact) mass is 213 g/mol. The molecule has 3 heteroatoms. The van der Waals surface area contributed by atoms with Gasteiger partial charge in [0.15, 0.2) is 0 Å². The number of nitrogens with zero attached hydrogens (tertiary/aromatic N) is 1. The second kappa shape index (κ2) is 6.70. The summed E-state index contributed by atoms with van der Waals surface area (Å²) < 4.78 is 4.78. The minimum absolute atomic E-state index is 0.164. The van der Waals surface area contributed by atoms with E-state index in [1.807, 2.05) is 4.90 Å². The highest BCUT2D eigenvalue weighted by Crippen LogP contribution is 2.17. The molecule has 15 heavy (non-hydrogen) atoms. The molecule has 1 aliphatic rings. The van der Waals surface area contributed by atoms with E-state index in [1.54, 1.807) is 0 Å². The zero-order valence-electron chi connectivity index (χ0n) is 10.00. The summed E-state index contributed by atoms with van der Waals surface area (Å²) in [6.45, 7) is 3.99. The quantitative estimate of drug-likeness (QED) is 0.619. The smallest absolute Gasteiger partial charge is 0.409 e. The van der Waals surface area contributed by atoms with Crippen LogP contribution in [0.25, 0.3) is 0 Å². The van der Waals surface area contributed by atoms with E-state index < -0.39 is 0 Å². The normalized spacial score (nSPS) is 24.7. The van der Waals surface area contributed by atoms with Crippen LogP contribution < -0.4 is 0 Å². The predicted molar refractivity (Wildman–Crippen MR) is 60.8 cm³/mol. The second-order valence-corrected chi connectivity index (χ2v) is 4.55. The third kappa shape index (κ3) is 4.54. The molecule has 0 aromatic rings. The molecule has 0 N–H and O–H groups in total. The zero-order chi connectivity index (χ0) is 11.1. The van der Waals surface area contributed by atoms with Crippen molar-refractivity contribution in [2.24, 2.45) is 5.92 Å². The maximum Gasteiger partial charge on any atom is 0.409 e. The van der Waals surface area contributed by atoms with Crippen molar-refractivity contribution in [2.45, 2.75) is 45.4 Å². The van der Waals surface area contributed by atoms with Crippen LogP contribution in [0.15, 0.2) is 0 Å². The maximum absolute atomic E-state index is 11.4. The van der Waals surface area contributed by atoms with Gasteiger partial charge in [0.2, 0.25) is 0 Å². The van der Waals surface area contributed by atoms with Crippen LogP contribution in [0.1, 0.15) is 45.4 Å². The molecule has 1 unspecified atom stereocenters. The molecular formula is C12H23NO2. The van der Waals surface area contributed by atoms with Gasteiger partial charge in [-0.3, -0.25) is 0 Å². The van der Waals surface area contributed by atoms with Crippen LogP contribution in [0.5, 0.6) is 0 Å². The second-order valence-electron chi connectivity index (χ2n) is 4.55. The summed E-state index contributed by atoms with van der Waals surface area (Å²) in [6.07, 6.45) is 7.25. The zero-order valence-corrected chi connectivity index (χ0v) is 10.00. The van der Waals surface area contributed by atoms with Gasteiger partial charge in [0, 0.05) is 13.1 Å². The van der Waals surface area contributed by atoms with Crippen molar-refractivity contribution >= 4 is 6.09 Å². The Hall–Kier alpha value is -0.730. The standard InChI is InChI=1S/C12H23NO2/c1-11-7-5-3-4-6-9-13(10-8-11)12(14)15-2/h11H,3-10H2,1-2H3. The minimum atomic E-state index is -0.164. The topological polar surface area (TPSA) is 29.5 Å². The van der Waals surface area contributed by atoms with Crippen LogP contribution in [-0.4, -0.2) is 31.2 Å². The highest BCUT2D eigenvalue weighted by molar-refractivity contribution is 5.67. The number of hydrogen-bond donors (Lipinski definition) is 0. The molecular weight excluding hydrogens is 190 g/mol. The number of methoxy groups -OCH3 is 1. The van der Waals surface area contributed by atoms with E-state index in [0.717, 1.165) is 31.8 Å². The molecule has 88 valence electrons. The molecule has 0 bridgehead atoms. The largest absolute Gasteiger partial charge is 0.453 e. The van der Waals surface area contributed by atoms with Gasteiger partial charge < -0.3 is 9.64 Å². The molecule has 1 atom stereocenters. The molecule has 1 rings (SSSR count). The Morgan fingerprint density at radius 3 is 2.60 bits per heavy atom. The van der Waals surface area contributed by atoms with Gasteiger partial charge in [-0.05, 0) is 18.8 Å². The Kier molecular flexibility index (Phi) is 5.51. The summed E-state index contributed by atoms with van der Waals surface area (Å²) >= 11 is 0. The highest BCUT2D eigenvalue weighted by atomic mass is 16.5. The van der Waals surface area contributed by atoms with Gasteiger partial charge in [0.1, 0.15) is 0 Å². The number of ether oxygens (including phenoxy) is 1. The van der Waals surface area contributed by atoms with Gasteiger partial charge in [0.25, 0.3) is 0 Å². The van der Waals surface area contributed by atoms with Gasteiger partial charge >= 0.3 is 6.09 Å². The summed E-state index contributed by atoms with van der Waals surface area (Å²) in [7, 11) is 1.46. The van der Waals surface area contributed by atoms with Gasteiger partial charge in [-0.2, -0.15) is 0 Å². The summed E-state index contributed by atoms with van der Waals surface area (Å²) in [5.74, 6) is 0.732. The molecule has 1 aliphatic heterocycles. The molecule has 0 radical (unpaired) electrons. The first-order chi connectivity index (χ1) is 7.24. The van der Waals surface area contributed by atoms with Crippen molar-refractivity contribution in [3.05, 3.63) is 0 Å². The van der Waals surface area contributed by atoms with E-state index in [4.69, 9.17) is 4.74 Å². The SMILES string of the molecule is COC(=O)N1CCCCCCC(C)CC1. The number of hydrogen-bond acceptors (Lipinski definition) is 2. The fraction of sp³-hybridized carbons (Fsp3) is 0.917. The van der Waals surface area contributed by atoms with E-state index in [9.17, 15) is 4.79 Å². The van der Waals surface area contributed by atoms with Crippen molar-refractivity contribution in [1.29, 1.82) is 0 Å². The van der Waals surface area contributed by atoms with Gasteiger partial charge in [0.05, 0.1) is 7.11 Å². The van der Waals surface area contributed by atoms with Crippen LogP contribution in [0.4, 0.5) is 4.79 Å². The van der Waals surface area contributed by atoms with E-state index in [-0.39, 0.29) is 6.09 Å². The van der Waals surface area contributed by atoms with Gasteiger partial charge in [-0.1, -0.05) is 32.6 Å². The molecule has 1 heterocycles. The van der Waals surface area contributed by atoms with E-state index >= 15 is 0 Å². The van der Waals surface area contributed by atoms with Crippen molar-refractivity contribution < 1.29 is 9.53 Å². The first kappa shape index (κ1) is 12.3. The van der Waals surface area contributed by atoms with Crippen LogP contribution in [0.3, 0.4) is 0 Å². The Morgan fingerprint density at radius 2 is 1.87 bits per heavy atom. The lowest BCUT2D eigenvalue weighted by Crippen LogP contribution is -2.33. The Morgan fingerprint density at radius 1 is 1.13 bits per heavy atom. The van der Waals surface area contributed by atoms with Crippen LogP contribution in [0, 0.1) is 5.92 Å². The first-order valence-electron chi connectivity index (χ1n) is 6.07. The Labute approximate surface area is 92.8 Å². The van der Waals surface area contributed by atoms with Crippen LogP contribution in [-0.2, 0) is 4.74 Å². The number of amides is 1. The number of carbonyl (C=O) groups is 1. The lowest BCUT2D eigenvalue weighted by Gasteiger charge is -2.24. The first-order valence-corrected chi connectivity index (χ1v) is 6.07. The van der Waals surface area contributed by atoms with E-state index in [2.05, 4.69) is 6.92 Å². The maximum atomic E-state index is 11.4.